The molecule has 12 heteroatoms. The Morgan fingerprint density at radius 2 is 1.53 bits per heavy atom. The van der Waals surface area contributed by atoms with E-state index < -0.39 is 24.4 Å². The van der Waals surface area contributed by atoms with Crippen LogP contribution in [0.4, 0.5) is 5.69 Å². The summed E-state index contributed by atoms with van der Waals surface area (Å²) < 4.78 is 53.1. The van der Waals surface area contributed by atoms with Gasteiger partial charge in [-0.15, -0.1) is 10.2 Å². The van der Waals surface area contributed by atoms with Gasteiger partial charge in [-0.05, 0) is 18.2 Å². The first kappa shape index (κ1) is 22.6. The third kappa shape index (κ3) is 4.21. The van der Waals surface area contributed by atoms with Crippen molar-refractivity contribution in [3.8, 4) is 10.6 Å². The van der Waals surface area contributed by atoms with Crippen molar-refractivity contribution in [1.82, 2.24) is 14.3 Å². The Hall–Kier alpha value is -2.57. The van der Waals surface area contributed by atoms with E-state index in [1.165, 1.54) is 6.07 Å². The summed E-state index contributed by atoms with van der Waals surface area (Å²) in [6, 6.07) is 16.6. The molecule has 0 bridgehead atoms. The van der Waals surface area contributed by atoms with Crippen LogP contribution in [0.1, 0.15) is 0 Å². The van der Waals surface area contributed by atoms with Crippen molar-refractivity contribution >= 4 is 59.4 Å². The quantitative estimate of drug-likeness (QED) is 0.422. The third-order valence-electron chi connectivity index (χ3n) is 4.59. The number of hydrogen-bond donors (Lipinski definition) is 1. The minimum Gasteiger partial charge on any atom is -0.377 e. The largest absolute Gasteiger partial charge is 0.377 e. The van der Waals surface area contributed by atoms with E-state index in [1.54, 1.807) is 52.7 Å². The average Bonchev–Trinajstić information content (AvgIpc) is 3.23. The maximum Gasteiger partial charge on any atom is 0.283 e. The molecule has 4 aromatic rings. The maximum atomic E-state index is 13.1. The summed E-state index contributed by atoms with van der Waals surface area (Å²) in [5, 5.41) is 9.24. The molecule has 0 aliphatic rings. The van der Waals surface area contributed by atoms with E-state index in [0.717, 1.165) is 17.0 Å². The second-order valence-corrected chi connectivity index (χ2v) is 12.1. The number of halogens is 1. The summed E-state index contributed by atoms with van der Waals surface area (Å²) in [7, 11) is -5.27. The van der Waals surface area contributed by atoms with Gasteiger partial charge in [0.15, 0.2) is 0 Å². The fourth-order valence-corrected chi connectivity index (χ4v) is 7.73. The number of sulfonamides is 2. The number of rotatable bonds is 6. The Kier molecular flexibility index (Phi) is 5.94. The maximum absolute atomic E-state index is 13.1. The highest BCUT2D eigenvalue weighted by atomic mass is 35.5. The third-order valence-corrected chi connectivity index (χ3v) is 9.81. The van der Waals surface area contributed by atoms with Gasteiger partial charge in [-0.25, -0.2) is 16.8 Å². The second kappa shape index (κ2) is 8.41. The molecule has 0 aliphatic heterocycles. The molecule has 166 valence electrons. The van der Waals surface area contributed by atoms with Gasteiger partial charge >= 0.3 is 0 Å². The number of benzene rings is 3. The molecular weight excluding hydrogens is 492 g/mol. The zero-order valence-electron chi connectivity index (χ0n) is 16.9. The molecule has 1 N–H and O–H groups in total. The molecular formula is C20H17ClN4O4S3. The van der Waals surface area contributed by atoms with Crippen molar-refractivity contribution in [2.75, 3.05) is 19.0 Å². The standard InChI is InChI=1S/C20H17ClN4O4S3/c1-25(2)17-11-5-9-14-13(17)8-6-12-18(14)31(26,27)24-32(28,29)20-23-22-19(30-20)15-7-3-4-10-16(15)21/h3-12,24H,1-2H3. The lowest BCUT2D eigenvalue weighted by atomic mass is 10.1. The zero-order valence-corrected chi connectivity index (χ0v) is 20.1. The van der Waals surface area contributed by atoms with Gasteiger partial charge < -0.3 is 4.90 Å². The molecule has 0 spiro atoms. The van der Waals surface area contributed by atoms with E-state index in [9.17, 15) is 16.8 Å². The van der Waals surface area contributed by atoms with Crippen LogP contribution in [0.2, 0.25) is 5.02 Å². The summed E-state index contributed by atoms with van der Waals surface area (Å²) in [5.41, 5.74) is 1.30. The molecule has 0 fully saturated rings. The van der Waals surface area contributed by atoms with E-state index in [1.807, 2.05) is 25.1 Å². The highest BCUT2D eigenvalue weighted by Gasteiger charge is 2.29. The predicted octanol–water partition coefficient (Wildman–Crippen LogP) is 3.74. The Balaban J connectivity index is 1.73. The molecule has 1 heterocycles. The van der Waals surface area contributed by atoms with Crippen LogP contribution < -0.4 is 9.03 Å². The highest BCUT2D eigenvalue weighted by molar-refractivity contribution is 8.05. The Bertz CT molecular complexity index is 1530. The van der Waals surface area contributed by atoms with Crippen LogP contribution in [0.3, 0.4) is 0 Å². The van der Waals surface area contributed by atoms with Crippen LogP contribution in [0.5, 0.6) is 0 Å². The predicted molar refractivity (Wildman–Crippen MR) is 126 cm³/mol. The van der Waals surface area contributed by atoms with Crippen LogP contribution in [-0.2, 0) is 20.0 Å². The lowest BCUT2D eigenvalue weighted by Crippen LogP contribution is -2.30. The van der Waals surface area contributed by atoms with E-state index in [2.05, 4.69) is 10.2 Å². The highest BCUT2D eigenvalue weighted by Crippen LogP contribution is 2.33. The van der Waals surface area contributed by atoms with E-state index in [4.69, 9.17) is 11.6 Å². The van der Waals surface area contributed by atoms with Crippen molar-refractivity contribution in [3.63, 3.8) is 0 Å². The van der Waals surface area contributed by atoms with Crippen LogP contribution >= 0.6 is 22.9 Å². The molecule has 32 heavy (non-hydrogen) atoms. The van der Waals surface area contributed by atoms with Gasteiger partial charge in [0.25, 0.3) is 20.0 Å². The van der Waals surface area contributed by atoms with Crippen molar-refractivity contribution in [2.24, 2.45) is 0 Å². The number of hydrogen-bond acceptors (Lipinski definition) is 8. The van der Waals surface area contributed by atoms with Gasteiger partial charge in [0, 0.05) is 36.1 Å². The zero-order chi connectivity index (χ0) is 23.1. The van der Waals surface area contributed by atoms with Crippen molar-refractivity contribution < 1.29 is 16.8 Å². The smallest absolute Gasteiger partial charge is 0.283 e. The lowest BCUT2D eigenvalue weighted by molar-refractivity contribution is 0.576. The Labute approximate surface area is 194 Å². The van der Waals surface area contributed by atoms with Gasteiger partial charge in [0.2, 0.25) is 4.34 Å². The van der Waals surface area contributed by atoms with E-state index >= 15 is 0 Å². The molecule has 0 unspecified atom stereocenters. The van der Waals surface area contributed by atoms with Crippen molar-refractivity contribution in [3.05, 3.63) is 65.7 Å². The average molecular weight is 509 g/mol. The molecule has 4 rings (SSSR count). The Morgan fingerprint density at radius 3 is 2.25 bits per heavy atom. The number of nitrogens with one attached hydrogen (secondary N) is 1. The second-order valence-electron chi connectivity index (χ2n) is 6.97. The first-order valence-electron chi connectivity index (χ1n) is 9.16. The minimum atomic E-state index is -4.51. The van der Waals surface area contributed by atoms with Crippen LogP contribution in [0.15, 0.2) is 69.9 Å². The monoisotopic (exact) mass is 508 g/mol. The van der Waals surface area contributed by atoms with Crippen molar-refractivity contribution in [1.29, 1.82) is 0 Å². The van der Waals surface area contributed by atoms with Crippen LogP contribution in [-0.4, -0.2) is 41.1 Å². The summed E-state index contributed by atoms with van der Waals surface area (Å²) in [4.78, 5) is 1.69. The number of nitrogens with zero attached hydrogens (tertiary/aromatic N) is 3. The van der Waals surface area contributed by atoms with Gasteiger partial charge in [0.05, 0.1) is 9.92 Å². The number of aromatic nitrogens is 2. The lowest BCUT2D eigenvalue weighted by Gasteiger charge is -2.17. The molecule has 1 aromatic heterocycles. The molecule has 3 aromatic carbocycles. The summed E-state index contributed by atoms with van der Waals surface area (Å²) >= 11 is 6.86. The van der Waals surface area contributed by atoms with Gasteiger partial charge in [0.1, 0.15) is 5.01 Å². The van der Waals surface area contributed by atoms with Crippen molar-refractivity contribution in [2.45, 2.75) is 9.24 Å². The fourth-order valence-electron chi connectivity index (χ4n) is 3.18. The topological polar surface area (TPSA) is 109 Å². The van der Waals surface area contributed by atoms with E-state index in [-0.39, 0.29) is 9.90 Å². The van der Waals surface area contributed by atoms with Gasteiger partial charge in [-0.1, -0.05) is 69.5 Å². The molecule has 0 saturated heterocycles. The molecule has 0 saturated carbocycles. The molecule has 8 nitrogen and oxygen atoms in total. The first-order valence-corrected chi connectivity index (χ1v) is 13.3. The molecule has 0 atom stereocenters. The van der Waals surface area contributed by atoms with Crippen LogP contribution in [0.25, 0.3) is 21.3 Å². The summed E-state index contributed by atoms with van der Waals surface area (Å²) in [6.45, 7) is 0. The minimum absolute atomic E-state index is 0.155. The number of anilines is 1. The molecule has 0 aliphatic carbocycles. The fraction of sp³-hybridized carbons (Fsp3) is 0.100. The summed E-state index contributed by atoms with van der Waals surface area (Å²) in [5.74, 6) is 0. The normalized spacial score (nSPS) is 12.2. The first-order chi connectivity index (χ1) is 15.1. The molecule has 0 radical (unpaired) electrons. The SMILES string of the molecule is CN(C)c1cccc2c(S(=O)(=O)NS(=O)(=O)c3nnc(-c4ccccc4Cl)s3)cccc12. The summed E-state index contributed by atoms with van der Waals surface area (Å²) in [6.07, 6.45) is 0. The van der Waals surface area contributed by atoms with E-state index in [0.29, 0.717) is 21.4 Å². The molecule has 0 amide bonds. The van der Waals surface area contributed by atoms with Gasteiger partial charge in [-0.2, -0.15) is 0 Å². The Morgan fingerprint density at radius 1 is 0.844 bits per heavy atom. The van der Waals surface area contributed by atoms with Gasteiger partial charge in [-0.3, -0.25) is 0 Å². The van der Waals surface area contributed by atoms with Crippen LogP contribution in [0, 0.1) is 0 Å². The number of fused-ring (bicyclic) bond motifs is 1.